The zero-order chi connectivity index (χ0) is 20.6. The third-order valence-corrected chi connectivity index (χ3v) is 5.72. The van der Waals surface area contributed by atoms with Crippen LogP contribution in [0.2, 0.25) is 0 Å². The first-order valence-electron chi connectivity index (χ1n) is 9.51. The second-order valence-corrected chi connectivity index (χ2v) is 7.79. The number of aryl methyl sites for hydroxylation is 1. The summed E-state index contributed by atoms with van der Waals surface area (Å²) in [5.74, 6) is 1.32. The topological polar surface area (TPSA) is 64.2 Å². The molecule has 5 nitrogen and oxygen atoms in total. The van der Waals surface area contributed by atoms with Gasteiger partial charge in [-0.05, 0) is 36.1 Å². The molecule has 0 saturated heterocycles. The van der Waals surface area contributed by atoms with Crippen molar-refractivity contribution in [3.63, 3.8) is 0 Å². The van der Waals surface area contributed by atoms with Crippen LogP contribution < -0.4 is 20.1 Å². The summed E-state index contributed by atoms with van der Waals surface area (Å²) in [6.45, 7) is 2.88. The quantitative estimate of drug-likeness (QED) is 0.569. The molecule has 3 aromatic rings. The number of rotatable bonds is 9. The number of thiophene rings is 1. The predicted octanol–water partition coefficient (Wildman–Crippen LogP) is 3.04. The molecule has 0 saturated carbocycles. The number of carbonyl (C=O) groups is 1. The lowest BCUT2D eigenvalue weighted by Crippen LogP contribution is -2.87. The highest BCUT2D eigenvalue weighted by molar-refractivity contribution is 7.10. The second-order valence-electron chi connectivity index (χ2n) is 6.81. The van der Waals surface area contributed by atoms with E-state index in [4.69, 9.17) is 9.47 Å². The van der Waals surface area contributed by atoms with Crippen molar-refractivity contribution in [2.45, 2.75) is 19.5 Å². The predicted molar refractivity (Wildman–Crippen MR) is 116 cm³/mol. The van der Waals surface area contributed by atoms with Gasteiger partial charge in [0.2, 0.25) is 0 Å². The Bertz CT molecular complexity index is 924. The minimum absolute atomic E-state index is 0.00606. The number of nitrogens with two attached hydrogens (primary N) is 1. The lowest BCUT2D eigenvalue weighted by atomic mass is 10.0. The average Bonchev–Trinajstić information content (AvgIpc) is 3.28. The van der Waals surface area contributed by atoms with Gasteiger partial charge in [0.05, 0.1) is 19.1 Å². The Balaban J connectivity index is 1.60. The van der Waals surface area contributed by atoms with E-state index in [1.807, 2.05) is 24.3 Å². The molecule has 0 unspecified atom stereocenters. The summed E-state index contributed by atoms with van der Waals surface area (Å²) in [5, 5.41) is 7.14. The van der Waals surface area contributed by atoms with E-state index in [9.17, 15) is 4.79 Å². The van der Waals surface area contributed by atoms with Crippen molar-refractivity contribution in [2.75, 3.05) is 20.8 Å². The van der Waals surface area contributed by atoms with Crippen LogP contribution >= 0.6 is 11.3 Å². The average molecular weight is 412 g/mol. The zero-order valence-corrected chi connectivity index (χ0v) is 17.8. The SMILES string of the molecule is COc1ccc(CNC(=O)C[NH2+][C@@H](c2ccc(C)cc2)c2cccs2)cc1OC. The summed E-state index contributed by atoms with van der Waals surface area (Å²) < 4.78 is 10.6. The fraction of sp³-hybridized carbons (Fsp3) is 0.261. The van der Waals surface area contributed by atoms with Crippen LogP contribution in [-0.4, -0.2) is 26.7 Å². The van der Waals surface area contributed by atoms with Gasteiger partial charge in [0.15, 0.2) is 18.0 Å². The summed E-state index contributed by atoms with van der Waals surface area (Å²) in [5.41, 5.74) is 3.39. The van der Waals surface area contributed by atoms with Gasteiger partial charge >= 0.3 is 0 Å². The monoisotopic (exact) mass is 411 g/mol. The number of hydrogen-bond donors (Lipinski definition) is 2. The summed E-state index contributed by atoms with van der Waals surface area (Å²) in [6.07, 6.45) is 0. The standard InChI is InChI=1S/C23H26N2O3S/c1-16-6-9-18(10-7-16)23(21-5-4-12-29-21)25-15-22(26)24-14-17-8-11-19(27-2)20(13-17)28-3/h4-13,23,25H,14-15H2,1-3H3,(H,24,26)/p+1/t23-/m0/s1. The van der Waals surface area contributed by atoms with E-state index in [-0.39, 0.29) is 11.9 Å². The third kappa shape index (κ3) is 5.59. The van der Waals surface area contributed by atoms with Gasteiger partial charge in [0, 0.05) is 12.1 Å². The van der Waals surface area contributed by atoms with Gasteiger partial charge in [-0.2, -0.15) is 0 Å². The largest absolute Gasteiger partial charge is 0.493 e. The van der Waals surface area contributed by atoms with Crippen LogP contribution in [0.25, 0.3) is 0 Å². The molecule has 3 N–H and O–H groups in total. The highest BCUT2D eigenvalue weighted by atomic mass is 32.1. The van der Waals surface area contributed by atoms with E-state index >= 15 is 0 Å². The van der Waals surface area contributed by atoms with E-state index < -0.39 is 0 Å². The molecule has 0 bridgehead atoms. The van der Waals surface area contributed by atoms with Crippen molar-refractivity contribution in [1.29, 1.82) is 0 Å². The Kier molecular flexibility index (Phi) is 7.27. The zero-order valence-electron chi connectivity index (χ0n) is 17.0. The van der Waals surface area contributed by atoms with Crippen LogP contribution in [0.15, 0.2) is 60.0 Å². The van der Waals surface area contributed by atoms with Crippen molar-refractivity contribution in [2.24, 2.45) is 0 Å². The lowest BCUT2D eigenvalue weighted by Gasteiger charge is -2.15. The number of amides is 1. The second kappa shape index (κ2) is 10.1. The number of nitrogens with one attached hydrogen (secondary N) is 1. The van der Waals surface area contributed by atoms with E-state index in [1.54, 1.807) is 25.6 Å². The summed E-state index contributed by atoms with van der Waals surface area (Å²) in [4.78, 5) is 13.7. The molecular weight excluding hydrogens is 384 g/mol. The molecule has 0 aliphatic carbocycles. The lowest BCUT2D eigenvalue weighted by molar-refractivity contribution is -0.676. The Hall–Kier alpha value is -2.83. The summed E-state index contributed by atoms with van der Waals surface area (Å²) >= 11 is 1.71. The maximum Gasteiger partial charge on any atom is 0.275 e. The Morgan fingerprint density at radius 1 is 1.07 bits per heavy atom. The van der Waals surface area contributed by atoms with Crippen molar-refractivity contribution in [1.82, 2.24) is 5.32 Å². The maximum absolute atomic E-state index is 12.5. The molecular formula is C23H27N2O3S+. The smallest absolute Gasteiger partial charge is 0.275 e. The van der Waals surface area contributed by atoms with Crippen LogP contribution in [0.5, 0.6) is 11.5 Å². The molecule has 29 heavy (non-hydrogen) atoms. The van der Waals surface area contributed by atoms with E-state index in [2.05, 4.69) is 53.3 Å². The summed E-state index contributed by atoms with van der Waals surface area (Å²) in [6, 6.07) is 18.4. The van der Waals surface area contributed by atoms with Gasteiger partial charge in [-0.25, -0.2) is 0 Å². The highest BCUT2D eigenvalue weighted by Gasteiger charge is 2.20. The highest BCUT2D eigenvalue weighted by Crippen LogP contribution is 2.27. The summed E-state index contributed by atoms with van der Waals surface area (Å²) in [7, 11) is 3.21. The van der Waals surface area contributed by atoms with Gasteiger partial charge < -0.3 is 20.1 Å². The first kappa shape index (κ1) is 20.9. The van der Waals surface area contributed by atoms with E-state index in [1.165, 1.54) is 16.0 Å². The molecule has 3 rings (SSSR count). The third-order valence-electron chi connectivity index (χ3n) is 4.76. The van der Waals surface area contributed by atoms with Gasteiger partial charge in [-0.3, -0.25) is 4.79 Å². The molecule has 0 fully saturated rings. The number of methoxy groups -OCH3 is 2. The van der Waals surface area contributed by atoms with Gasteiger partial charge in [-0.15, -0.1) is 11.3 Å². The first-order valence-corrected chi connectivity index (χ1v) is 10.4. The Labute approximate surface area is 175 Å². The van der Waals surface area contributed by atoms with Crippen molar-refractivity contribution in [3.05, 3.63) is 81.5 Å². The Morgan fingerprint density at radius 2 is 1.83 bits per heavy atom. The number of quaternary nitrogens is 1. The molecule has 1 atom stereocenters. The molecule has 0 spiro atoms. The minimum Gasteiger partial charge on any atom is -0.493 e. The molecule has 0 aliphatic rings. The molecule has 1 heterocycles. The van der Waals surface area contributed by atoms with Crippen molar-refractivity contribution >= 4 is 17.2 Å². The minimum atomic E-state index is -0.00606. The maximum atomic E-state index is 12.5. The van der Waals surface area contributed by atoms with Gasteiger partial charge in [0.1, 0.15) is 6.04 Å². The fourth-order valence-corrected chi connectivity index (χ4v) is 4.00. The van der Waals surface area contributed by atoms with Gasteiger partial charge in [0.25, 0.3) is 5.91 Å². The molecule has 1 aromatic heterocycles. The Morgan fingerprint density at radius 3 is 2.48 bits per heavy atom. The van der Waals surface area contributed by atoms with Crippen LogP contribution in [0.3, 0.4) is 0 Å². The van der Waals surface area contributed by atoms with Crippen molar-refractivity contribution < 1.29 is 19.6 Å². The molecule has 0 radical (unpaired) electrons. The molecule has 2 aromatic carbocycles. The normalized spacial score (nSPS) is 11.7. The molecule has 6 heteroatoms. The van der Waals surface area contributed by atoms with Crippen molar-refractivity contribution in [3.8, 4) is 11.5 Å². The fourth-order valence-electron chi connectivity index (χ4n) is 3.15. The van der Waals surface area contributed by atoms with E-state index in [0.29, 0.717) is 24.6 Å². The first-order chi connectivity index (χ1) is 14.1. The van der Waals surface area contributed by atoms with E-state index in [0.717, 1.165) is 5.56 Å². The van der Waals surface area contributed by atoms with Crippen LogP contribution in [0.1, 0.15) is 27.6 Å². The molecule has 0 aliphatic heterocycles. The van der Waals surface area contributed by atoms with Gasteiger partial charge in [-0.1, -0.05) is 42.0 Å². The number of ether oxygens (including phenoxy) is 2. The van der Waals surface area contributed by atoms with Crippen LogP contribution in [-0.2, 0) is 11.3 Å². The van der Waals surface area contributed by atoms with Crippen LogP contribution in [0, 0.1) is 6.92 Å². The molecule has 1 amide bonds. The molecule has 152 valence electrons. The number of hydrogen-bond acceptors (Lipinski definition) is 4. The number of carbonyl (C=O) groups excluding carboxylic acids is 1. The number of benzene rings is 2. The van der Waals surface area contributed by atoms with Crippen LogP contribution in [0.4, 0.5) is 0 Å².